The van der Waals surface area contributed by atoms with Crippen LogP contribution in [-0.2, 0) is 6.18 Å². The van der Waals surface area contributed by atoms with Crippen LogP contribution >= 0.6 is 11.6 Å². The van der Waals surface area contributed by atoms with Gasteiger partial charge in [-0.05, 0) is 55.9 Å². The van der Waals surface area contributed by atoms with Crippen molar-refractivity contribution in [3.63, 3.8) is 0 Å². The molecule has 0 spiro atoms. The molecule has 1 saturated carbocycles. The van der Waals surface area contributed by atoms with Crippen LogP contribution in [0.15, 0.2) is 48.8 Å². The van der Waals surface area contributed by atoms with Crippen molar-refractivity contribution in [3.05, 3.63) is 64.9 Å². The van der Waals surface area contributed by atoms with Crippen LogP contribution in [0.25, 0.3) is 5.65 Å². The Kier molecular flexibility index (Phi) is 6.09. The summed E-state index contributed by atoms with van der Waals surface area (Å²) < 4.78 is 41.8. The van der Waals surface area contributed by atoms with Gasteiger partial charge < -0.3 is 10.6 Å². The third-order valence-electron chi connectivity index (χ3n) is 5.72. The molecule has 1 aromatic carbocycles. The summed E-state index contributed by atoms with van der Waals surface area (Å²) in [4.78, 5) is 16.9. The summed E-state index contributed by atoms with van der Waals surface area (Å²) in [6.45, 7) is 0.770. The van der Waals surface area contributed by atoms with Gasteiger partial charge in [-0.1, -0.05) is 23.7 Å². The normalized spacial score (nSPS) is 19.4. The lowest BCUT2D eigenvalue weighted by Gasteiger charge is -2.29. The summed E-state index contributed by atoms with van der Waals surface area (Å²) in [5.41, 5.74) is -0.647. The van der Waals surface area contributed by atoms with Gasteiger partial charge in [-0.2, -0.15) is 13.2 Å². The maximum Gasteiger partial charge on any atom is 0.417 e. The fourth-order valence-corrected chi connectivity index (χ4v) is 4.33. The van der Waals surface area contributed by atoms with E-state index in [0.717, 1.165) is 36.9 Å². The minimum absolute atomic E-state index is 0.170. The number of alkyl halides is 3. The molecule has 0 atom stereocenters. The van der Waals surface area contributed by atoms with E-state index in [4.69, 9.17) is 11.6 Å². The Labute approximate surface area is 182 Å². The number of carbonyl (C=O) groups is 1. The fraction of sp³-hybridized carbons (Fsp3) is 0.364. The molecule has 31 heavy (non-hydrogen) atoms. The van der Waals surface area contributed by atoms with Crippen LogP contribution in [0.4, 0.5) is 19.0 Å². The number of rotatable bonds is 5. The highest BCUT2D eigenvalue weighted by Gasteiger charge is 2.37. The number of nitrogens with zero attached hydrogens (tertiary/aromatic N) is 2. The van der Waals surface area contributed by atoms with E-state index in [1.165, 1.54) is 12.1 Å². The van der Waals surface area contributed by atoms with Crippen molar-refractivity contribution in [2.24, 2.45) is 5.92 Å². The molecule has 1 aliphatic carbocycles. The van der Waals surface area contributed by atoms with E-state index in [0.29, 0.717) is 18.8 Å². The van der Waals surface area contributed by atoms with Crippen molar-refractivity contribution in [2.45, 2.75) is 37.9 Å². The number of carbonyl (C=O) groups excluding carboxylic acids is 1. The lowest BCUT2D eigenvalue weighted by molar-refractivity contribution is -0.137. The van der Waals surface area contributed by atoms with Crippen molar-refractivity contribution in [1.82, 2.24) is 14.7 Å². The molecule has 1 aliphatic rings. The lowest BCUT2D eigenvalue weighted by Crippen LogP contribution is -2.39. The molecule has 0 bridgehead atoms. The second kappa shape index (κ2) is 8.78. The maximum atomic E-state index is 13.3. The Balaban J connectivity index is 1.32. The number of pyridine rings is 1. The molecule has 2 heterocycles. The van der Waals surface area contributed by atoms with Crippen LogP contribution in [0, 0.1) is 5.92 Å². The Bertz CT molecular complexity index is 1070. The van der Waals surface area contributed by atoms with Crippen LogP contribution in [0.2, 0.25) is 5.02 Å². The second-order valence-corrected chi connectivity index (χ2v) is 8.21. The van der Waals surface area contributed by atoms with E-state index in [9.17, 15) is 18.0 Å². The van der Waals surface area contributed by atoms with Crippen molar-refractivity contribution in [2.75, 3.05) is 11.9 Å². The number of imidazole rings is 1. The minimum atomic E-state index is -4.64. The monoisotopic (exact) mass is 450 g/mol. The first kappa shape index (κ1) is 21.5. The summed E-state index contributed by atoms with van der Waals surface area (Å²) in [6.07, 6.45) is 2.24. The maximum absolute atomic E-state index is 13.3. The molecule has 2 aromatic heterocycles. The number of benzene rings is 1. The van der Waals surface area contributed by atoms with Crippen LogP contribution in [0.1, 0.15) is 41.6 Å². The molecular formula is C22H22ClF3N4O. The largest absolute Gasteiger partial charge is 0.417 e. The van der Waals surface area contributed by atoms with E-state index in [1.807, 2.05) is 28.8 Å². The molecule has 0 unspecified atom stereocenters. The standard InChI is InChI=1S/C22H22ClF3N4O/c23-17-5-3-4-16(22(24,25)26)20(17)21(31)29-15-9-7-14(8-10-15)12-27-19-13-28-18-6-1-2-11-30(18)19/h1-6,11,13-15,27H,7-10,12H2,(H,29,31)/t14-,15-. The van der Waals surface area contributed by atoms with Gasteiger partial charge in [0.25, 0.3) is 5.91 Å². The molecule has 1 amide bonds. The molecule has 3 aromatic rings. The highest BCUT2D eigenvalue weighted by molar-refractivity contribution is 6.34. The smallest absolute Gasteiger partial charge is 0.370 e. The van der Waals surface area contributed by atoms with E-state index in [2.05, 4.69) is 15.6 Å². The molecule has 4 rings (SSSR count). The summed E-state index contributed by atoms with van der Waals surface area (Å²) in [5.74, 6) is 0.558. The SMILES string of the molecule is O=C(N[C@H]1CC[C@H](CNc2cnc3ccccn23)CC1)c1c(Cl)cccc1C(F)(F)F. The molecule has 0 radical (unpaired) electrons. The zero-order chi connectivity index (χ0) is 22.0. The van der Waals surface area contributed by atoms with Gasteiger partial charge in [-0.3, -0.25) is 9.20 Å². The van der Waals surface area contributed by atoms with E-state index >= 15 is 0 Å². The quantitative estimate of drug-likeness (QED) is 0.546. The van der Waals surface area contributed by atoms with Gasteiger partial charge in [0.2, 0.25) is 0 Å². The first-order valence-electron chi connectivity index (χ1n) is 10.2. The van der Waals surface area contributed by atoms with Crippen molar-refractivity contribution >= 4 is 29.0 Å². The summed E-state index contributed by atoms with van der Waals surface area (Å²) >= 11 is 5.93. The molecule has 164 valence electrons. The van der Waals surface area contributed by atoms with Gasteiger partial charge in [0.05, 0.1) is 22.3 Å². The summed E-state index contributed by atoms with van der Waals surface area (Å²) in [7, 11) is 0. The van der Waals surface area contributed by atoms with E-state index < -0.39 is 23.2 Å². The number of nitrogens with one attached hydrogen (secondary N) is 2. The zero-order valence-electron chi connectivity index (χ0n) is 16.6. The third-order valence-corrected chi connectivity index (χ3v) is 6.03. The highest BCUT2D eigenvalue weighted by atomic mass is 35.5. The molecule has 2 N–H and O–H groups in total. The summed E-state index contributed by atoms with van der Waals surface area (Å²) in [6, 6.07) is 9.01. The van der Waals surface area contributed by atoms with Gasteiger partial charge >= 0.3 is 6.18 Å². The van der Waals surface area contributed by atoms with Gasteiger partial charge in [-0.25, -0.2) is 4.98 Å². The van der Waals surface area contributed by atoms with Gasteiger partial charge in [0, 0.05) is 18.8 Å². The topological polar surface area (TPSA) is 58.4 Å². The molecule has 9 heteroatoms. The summed E-state index contributed by atoms with van der Waals surface area (Å²) in [5, 5.41) is 5.97. The third kappa shape index (κ3) is 4.79. The van der Waals surface area contributed by atoms with Gasteiger partial charge in [0.15, 0.2) is 0 Å². The predicted octanol–water partition coefficient (Wildman–Crippen LogP) is 5.41. The molecule has 5 nitrogen and oxygen atoms in total. The number of hydrogen-bond acceptors (Lipinski definition) is 3. The molecule has 0 saturated heterocycles. The Morgan fingerprint density at radius 3 is 2.65 bits per heavy atom. The van der Waals surface area contributed by atoms with Crippen LogP contribution in [0.3, 0.4) is 0 Å². The number of halogens is 4. The number of anilines is 1. The Morgan fingerprint density at radius 2 is 1.90 bits per heavy atom. The average Bonchev–Trinajstić information content (AvgIpc) is 3.15. The first-order chi connectivity index (χ1) is 14.8. The second-order valence-electron chi connectivity index (χ2n) is 7.80. The van der Waals surface area contributed by atoms with Gasteiger partial charge in [-0.15, -0.1) is 0 Å². The van der Waals surface area contributed by atoms with Crippen LogP contribution in [0.5, 0.6) is 0 Å². The predicted molar refractivity (Wildman–Crippen MR) is 113 cm³/mol. The number of amides is 1. The minimum Gasteiger partial charge on any atom is -0.370 e. The van der Waals surface area contributed by atoms with Crippen LogP contribution < -0.4 is 10.6 Å². The molecular weight excluding hydrogens is 429 g/mol. The number of aromatic nitrogens is 2. The highest BCUT2D eigenvalue weighted by Crippen LogP contribution is 2.35. The molecule has 1 fully saturated rings. The van der Waals surface area contributed by atoms with Crippen LogP contribution in [-0.4, -0.2) is 27.9 Å². The molecule has 0 aliphatic heterocycles. The van der Waals surface area contributed by atoms with Crippen molar-refractivity contribution in [1.29, 1.82) is 0 Å². The van der Waals surface area contributed by atoms with E-state index in [-0.39, 0.29) is 11.1 Å². The lowest BCUT2D eigenvalue weighted by atomic mass is 9.86. The average molecular weight is 451 g/mol. The zero-order valence-corrected chi connectivity index (χ0v) is 17.4. The van der Waals surface area contributed by atoms with Gasteiger partial charge in [0.1, 0.15) is 11.5 Å². The Morgan fingerprint density at radius 1 is 1.13 bits per heavy atom. The number of fused-ring (bicyclic) bond motifs is 1. The van der Waals surface area contributed by atoms with Crippen molar-refractivity contribution < 1.29 is 18.0 Å². The Hall–Kier alpha value is -2.74. The van der Waals surface area contributed by atoms with Crippen molar-refractivity contribution in [3.8, 4) is 0 Å². The van der Waals surface area contributed by atoms with E-state index in [1.54, 1.807) is 6.20 Å². The fourth-order valence-electron chi connectivity index (χ4n) is 4.07. The first-order valence-corrected chi connectivity index (χ1v) is 10.5. The number of hydrogen-bond donors (Lipinski definition) is 2.